The first-order valence-corrected chi connectivity index (χ1v) is 5.09. The second-order valence-electron chi connectivity index (χ2n) is 3.50. The van der Waals surface area contributed by atoms with Gasteiger partial charge in [-0.2, -0.15) is 5.10 Å². The first kappa shape index (κ1) is 11.6. The van der Waals surface area contributed by atoms with Crippen molar-refractivity contribution in [3.8, 4) is 0 Å². The molecule has 15 heavy (non-hydrogen) atoms. The van der Waals surface area contributed by atoms with Crippen molar-refractivity contribution in [2.45, 2.75) is 27.3 Å². The molecule has 3 N–H and O–H groups in total. The highest BCUT2D eigenvalue weighted by molar-refractivity contribution is 5.77. The van der Waals surface area contributed by atoms with E-state index in [2.05, 4.69) is 15.4 Å². The average Bonchev–Trinajstić information content (AvgIpc) is 2.40. The van der Waals surface area contributed by atoms with Gasteiger partial charge in [0.05, 0.1) is 12.2 Å². The van der Waals surface area contributed by atoms with Crippen LogP contribution in [0.4, 0.5) is 0 Å². The molecule has 0 aliphatic carbocycles. The lowest BCUT2D eigenvalue weighted by atomic mass is 10.2. The maximum absolute atomic E-state index is 5.65. The molecule has 0 radical (unpaired) electrons. The summed E-state index contributed by atoms with van der Waals surface area (Å²) in [6, 6.07) is 0. The minimum absolute atomic E-state index is 0.486. The fourth-order valence-corrected chi connectivity index (χ4v) is 1.45. The van der Waals surface area contributed by atoms with Gasteiger partial charge in [-0.1, -0.05) is 0 Å². The Morgan fingerprint density at radius 2 is 2.20 bits per heavy atom. The van der Waals surface area contributed by atoms with Gasteiger partial charge in [-0.3, -0.25) is 4.68 Å². The van der Waals surface area contributed by atoms with Crippen LogP contribution in [0.25, 0.3) is 0 Å². The number of guanidine groups is 1. The Hall–Kier alpha value is -1.52. The molecule has 84 valence electrons. The zero-order valence-corrected chi connectivity index (χ0v) is 9.83. The van der Waals surface area contributed by atoms with Crippen molar-refractivity contribution in [1.82, 2.24) is 15.1 Å². The van der Waals surface area contributed by atoms with E-state index in [0.29, 0.717) is 12.5 Å². The first-order valence-electron chi connectivity index (χ1n) is 5.09. The van der Waals surface area contributed by atoms with E-state index in [1.807, 2.05) is 32.5 Å². The van der Waals surface area contributed by atoms with Crippen LogP contribution in [-0.4, -0.2) is 22.3 Å². The molecule has 0 amide bonds. The predicted octanol–water partition coefficient (Wildman–Crippen LogP) is 0.461. The molecule has 5 nitrogen and oxygen atoms in total. The van der Waals surface area contributed by atoms with Crippen molar-refractivity contribution in [1.29, 1.82) is 0 Å². The monoisotopic (exact) mass is 209 g/mol. The Labute approximate surface area is 90.4 Å². The third-order valence-electron chi connectivity index (χ3n) is 2.42. The van der Waals surface area contributed by atoms with Gasteiger partial charge in [0.1, 0.15) is 0 Å². The average molecular weight is 209 g/mol. The van der Waals surface area contributed by atoms with Crippen LogP contribution in [-0.2, 0) is 13.6 Å². The highest BCUT2D eigenvalue weighted by Crippen LogP contribution is 2.12. The molecule has 0 atom stereocenters. The number of aromatic nitrogens is 2. The number of aryl methyl sites for hydroxylation is 2. The number of aliphatic imine (C=N–C) groups is 1. The van der Waals surface area contributed by atoms with E-state index in [1.54, 1.807) is 0 Å². The Bertz CT molecular complexity index is 364. The number of nitrogens with two attached hydrogens (primary N) is 1. The minimum atomic E-state index is 0.486. The molecule has 0 saturated heterocycles. The van der Waals surface area contributed by atoms with E-state index in [-0.39, 0.29) is 0 Å². The van der Waals surface area contributed by atoms with Gasteiger partial charge >= 0.3 is 0 Å². The lowest BCUT2D eigenvalue weighted by Crippen LogP contribution is -2.31. The van der Waals surface area contributed by atoms with E-state index in [9.17, 15) is 0 Å². The molecule has 0 saturated carbocycles. The van der Waals surface area contributed by atoms with Gasteiger partial charge in [-0.05, 0) is 20.8 Å². The van der Waals surface area contributed by atoms with Gasteiger partial charge in [0.25, 0.3) is 0 Å². The molecule has 0 bridgehead atoms. The van der Waals surface area contributed by atoms with E-state index < -0.39 is 0 Å². The van der Waals surface area contributed by atoms with E-state index in [1.165, 1.54) is 0 Å². The maximum Gasteiger partial charge on any atom is 0.188 e. The van der Waals surface area contributed by atoms with Crippen molar-refractivity contribution in [3.63, 3.8) is 0 Å². The Morgan fingerprint density at radius 1 is 1.53 bits per heavy atom. The SMILES string of the molecule is CCNC(N)=NCc1c(C)nn(C)c1C. The number of hydrogen-bond donors (Lipinski definition) is 2. The molecule has 1 heterocycles. The van der Waals surface area contributed by atoms with Crippen molar-refractivity contribution in [2.75, 3.05) is 6.54 Å². The normalized spacial score (nSPS) is 11.9. The molecular formula is C10H19N5. The standard InChI is InChI=1S/C10H19N5/c1-5-12-10(11)13-6-9-7(2)14-15(4)8(9)3/h5-6H2,1-4H3,(H3,11,12,13). The highest BCUT2D eigenvalue weighted by Gasteiger charge is 2.07. The minimum Gasteiger partial charge on any atom is -0.370 e. The zero-order valence-electron chi connectivity index (χ0n) is 9.83. The summed E-state index contributed by atoms with van der Waals surface area (Å²) in [5.74, 6) is 0.486. The summed E-state index contributed by atoms with van der Waals surface area (Å²) < 4.78 is 1.86. The molecule has 0 spiro atoms. The lowest BCUT2D eigenvalue weighted by molar-refractivity contribution is 0.730. The van der Waals surface area contributed by atoms with Crippen LogP contribution in [0, 0.1) is 13.8 Å². The van der Waals surface area contributed by atoms with Gasteiger partial charge < -0.3 is 11.1 Å². The summed E-state index contributed by atoms with van der Waals surface area (Å²) in [4.78, 5) is 4.25. The largest absolute Gasteiger partial charge is 0.370 e. The van der Waals surface area contributed by atoms with Gasteiger partial charge in [0.2, 0.25) is 0 Å². The Morgan fingerprint density at radius 3 is 2.67 bits per heavy atom. The fraction of sp³-hybridized carbons (Fsp3) is 0.600. The molecule has 1 rings (SSSR count). The summed E-state index contributed by atoms with van der Waals surface area (Å²) in [5, 5.41) is 7.28. The molecule has 0 unspecified atom stereocenters. The molecule has 5 heteroatoms. The lowest BCUT2D eigenvalue weighted by Gasteiger charge is -2.02. The highest BCUT2D eigenvalue weighted by atomic mass is 15.3. The number of rotatable bonds is 3. The maximum atomic E-state index is 5.65. The number of nitrogens with zero attached hydrogens (tertiary/aromatic N) is 3. The van der Waals surface area contributed by atoms with Crippen LogP contribution in [0.2, 0.25) is 0 Å². The zero-order chi connectivity index (χ0) is 11.4. The number of hydrogen-bond acceptors (Lipinski definition) is 2. The van der Waals surface area contributed by atoms with Crippen molar-refractivity contribution >= 4 is 5.96 Å². The summed E-state index contributed by atoms with van der Waals surface area (Å²) in [5.41, 5.74) is 8.96. The van der Waals surface area contributed by atoms with Crippen LogP contribution in [0.1, 0.15) is 23.9 Å². The third kappa shape index (κ3) is 2.71. The smallest absolute Gasteiger partial charge is 0.188 e. The van der Waals surface area contributed by atoms with Crippen LogP contribution in [0.15, 0.2) is 4.99 Å². The quantitative estimate of drug-likeness (QED) is 0.561. The molecule has 0 aliphatic heterocycles. The van der Waals surface area contributed by atoms with Crippen molar-refractivity contribution in [2.24, 2.45) is 17.8 Å². The van der Waals surface area contributed by atoms with Crippen LogP contribution in [0.3, 0.4) is 0 Å². The molecule has 1 aromatic rings. The Balaban J connectivity index is 2.77. The van der Waals surface area contributed by atoms with Crippen molar-refractivity contribution in [3.05, 3.63) is 17.0 Å². The first-order chi connectivity index (χ1) is 7.06. The van der Waals surface area contributed by atoms with Gasteiger partial charge in [0.15, 0.2) is 5.96 Å². The van der Waals surface area contributed by atoms with Crippen LogP contribution < -0.4 is 11.1 Å². The molecule has 0 aliphatic rings. The molecule has 0 fully saturated rings. The van der Waals surface area contributed by atoms with E-state index >= 15 is 0 Å². The second-order valence-corrected chi connectivity index (χ2v) is 3.50. The Kier molecular flexibility index (Phi) is 3.71. The summed E-state index contributed by atoms with van der Waals surface area (Å²) in [6.45, 7) is 7.39. The van der Waals surface area contributed by atoms with Gasteiger partial charge in [-0.15, -0.1) is 0 Å². The fourth-order valence-electron chi connectivity index (χ4n) is 1.45. The topological polar surface area (TPSA) is 68.2 Å². The summed E-state index contributed by atoms with van der Waals surface area (Å²) >= 11 is 0. The third-order valence-corrected chi connectivity index (χ3v) is 2.42. The van der Waals surface area contributed by atoms with E-state index in [4.69, 9.17) is 5.73 Å². The molecular weight excluding hydrogens is 190 g/mol. The predicted molar refractivity (Wildman–Crippen MR) is 61.7 cm³/mol. The second kappa shape index (κ2) is 4.82. The van der Waals surface area contributed by atoms with Crippen molar-refractivity contribution < 1.29 is 0 Å². The van der Waals surface area contributed by atoms with Crippen LogP contribution in [0.5, 0.6) is 0 Å². The molecule has 1 aromatic heterocycles. The van der Waals surface area contributed by atoms with Crippen LogP contribution >= 0.6 is 0 Å². The van der Waals surface area contributed by atoms with Gasteiger partial charge in [0, 0.05) is 24.8 Å². The van der Waals surface area contributed by atoms with E-state index in [0.717, 1.165) is 23.5 Å². The summed E-state index contributed by atoms with van der Waals surface area (Å²) in [6.07, 6.45) is 0. The number of nitrogens with one attached hydrogen (secondary N) is 1. The molecule has 0 aromatic carbocycles. The summed E-state index contributed by atoms with van der Waals surface area (Å²) in [7, 11) is 1.93. The van der Waals surface area contributed by atoms with Gasteiger partial charge in [-0.25, -0.2) is 4.99 Å².